The minimum atomic E-state index is -0.287. The Morgan fingerprint density at radius 2 is 2.07 bits per heavy atom. The summed E-state index contributed by atoms with van der Waals surface area (Å²) in [7, 11) is 1.85. The van der Waals surface area contributed by atoms with E-state index in [1.165, 1.54) is 42.3 Å². The van der Waals surface area contributed by atoms with Crippen LogP contribution >= 0.6 is 11.8 Å². The highest BCUT2D eigenvalue weighted by Crippen LogP contribution is 2.26. The van der Waals surface area contributed by atoms with Crippen LogP contribution in [0.4, 0.5) is 4.39 Å². The third kappa shape index (κ3) is 5.19. The van der Waals surface area contributed by atoms with Gasteiger partial charge in [0.2, 0.25) is 5.91 Å². The minimum absolute atomic E-state index is 0.00254. The van der Waals surface area contributed by atoms with Gasteiger partial charge >= 0.3 is 0 Å². The van der Waals surface area contributed by atoms with Gasteiger partial charge in [0.25, 0.3) is 0 Å². The Balaban J connectivity index is 1.54. The molecular formula is C20H25FN4OS. The van der Waals surface area contributed by atoms with E-state index < -0.39 is 0 Å². The molecule has 2 aromatic rings. The fourth-order valence-corrected chi connectivity index (χ4v) is 3.94. The summed E-state index contributed by atoms with van der Waals surface area (Å²) in [5, 5.41) is 11.8. The van der Waals surface area contributed by atoms with Crippen molar-refractivity contribution < 1.29 is 9.18 Å². The van der Waals surface area contributed by atoms with Gasteiger partial charge in [0.05, 0.1) is 5.25 Å². The molecule has 1 N–H and O–H groups in total. The summed E-state index contributed by atoms with van der Waals surface area (Å²) in [6, 6.07) is 6.14. The molecule has 7 heteroatoms. The SMILES string of the molecule is CC(Sc1nnc(-c2ccc(F)cc2)n1C)C(=O)NCCC1=CCCCC1. The minimum Gasteiger partial charge on any atom is -0.355 e. The average Bonchev–Trinajstić information content (AvgIpc) is 3.03. The number of hydrogen-bond donors (Lipinski definition) is 1. The molecule has 0 aliphatic heterocycles. The number of carbonyl (C=O) groups is 1. The number of hydrogen-bond acceptors (Lipinski definition) is 4. The van der Waals surface area contributed by atoms with Gasteiger partial charge in [0.1, 0.15) is 5.82 Å². The first-order valence-electron chi connectivity index (χ1n) is 9.32. The quantitative estimate of drug-likeness (QED) is 0.573. The number of thioether (sulfide) groups is 1. The number of carbonyl (C=O) groups excluding carboxylic acids is 1. The monoisotopic (exact) mass is 388 g/mol. The van der Waals surface area contributed by atoms with Gasteiger partial charge < -0.3 is 9.88 Å². The Hall–Kier alpha value is -2.15. The number of nitrogens with zero attached hydrogens (tertiary/aromatic N) is 3. The second-order valence-corrected chi connectivity index (χ2v) is 8.09. The lowest BCUT2D eigenvalue weighted by molar-refractivity contribution is -0.120. The summed E-state index contributed by atoms with van der Waals surface area (Å²) in [5.74, 6) is 0.363. The smallest absolute Gasteiger partial charge is 0.233 e. The molecule has 1 aromatic heterocycles. The predicted octanol–water partition coefficient (Wildman–Crippen LogP) is 4.11. The molecule has 0 radical (unpaired) electrons. The summed E-state index contributed by atoms with van der Waals surface area (Å²) in [5.41, 5.74) is 2.25. The summed E-state index contributed by atoms with van der Waals surface area (Å²) >= 11 is 1.37. The van der Waals surface area contributed by atoms with E-state index in [1.54, 1.807) is 12.1 Å². The van der Waals surface area contributed by atoms with Gasteiger partial charge in [-0.15, -0.1) is 10.2 Å². The first kappa shape index (κ1) is 19.6. The van der Waals surface area contributed by atoms with Crippen LogP contribution in [0.2, 0.25) is 0 Å². The molecule has 144 valence electrons. The van der Waals surface area contributed by atoms with Crippen molar-refractivity contribution in [1.29, 1.82) is 0 Å². The molecule has 0 fully saturated rings. The summed E-state index contributed by atoms with van der Waals surface area (Å²) < 4.78 is 14.9. The molecule has 1 aromatic carbocycles. The second-order valence-electron chi connectivity index (χ2n) is 6.78. The molecule has 1 atom stereocenters. The van der Waals surface area contributed by atoms with E-state index >= 15 is 0 Å². The van der Waals surface area contributed by atoms with Crippen molar-refractivity contribution in [1.82, 2.24) is 20.1 Å². The normalized spacial score (nSPS) is 15.3. The van der Waals surface area contributed by atoms with E-state index in [4.69, 9.17) is 0 Å². The Morgan fingerprint density at radius 1 is 1.30 bits per heavy atom. The number of aromatic nitrogens is 3. The highest BCUT2D eigenvalue weighted by atomic mass is 32.2. The van der Waals surface area contributed by atoms with Gasteiger partial charge in [-0.1, -0.05) is 23.4 Å². The van der Waals surface area contributed by atoms with Gasteiger partial charge in [-0.2, -0.15) is 0 Å². The standard InChI is InChI=1S/C20H25FN4OS/c1-14(19(26)22-13-12-15-6-4-3-5-7-15)27-20-24-23-18(25(20)2)16-8-10-17(21)11-9-16/h6,8-11,14H,3-5,7,12-13H2,1-2H3,(H,22,26). The van der Waals surface area contributed by atoms with Crippen molar-refractivity contribution in [3.63, 3.8) is 0 Å². The second kappa shape index (κ2) is 9.17. The molecule has 1 aliphatic carbocycles. The summed E-state index contributed by atoms with van der Waals surface area (Å²) in [6.07, 6.45) is 8.10. The fourth-order valence-electron chi connectivity index (χ4n) is 3.10. The molecule has 0 saturated heterocycles. The Kier molecular flexibility index (Phi) is 6.66. The van der Waals surface area contributed by atoms with Gasteiger partial charge in [-0.3, -0.25) is 4.79 Å². The molecule has 1 unspecified atom stereocenters. The van der Waals surface area contributed by atoms with E-state index in [2.05, 4.69) is 21.6 Å². The van der Waals surface area contributed by atoms with Gasteiger partial charge in [-0.05, 0) is 63.3 Å². The van der Waals surface area contributed by atoms with Crippen molar-refractivity contribution >= 4 is 17.7 Å². The van der Waals surface area contributed by atoms with Gasteiger partial charge in [0.15, 0.2) is 11.0 Å². The molecule has 0 bridgehead atoms. The van der Waals surface area contributed by atoms with Crippen LogP contribution in [0.15, 0.2) is 41.1 Å². The van der Waals surface area contributed by atoms with Crippen molar-refractivity contribution in [3.05, 3.63) is 41.7 Å². The molecule has 27 heavy (non-hydrogen) atoms. The topological polar surface area (TPSA) is 59.8 Å². The third-order valence-electron chi connectivity index (χ3n) is 4.72. The number of amides is 1. The zero-order chi connectivity index (χ0) is 19.2. The first-order chi connectivity index (χ1) is 13.0. The largest absolute Gasteiger partial charge is 0.355 e. The predicted molar refractivity (Wildman–Crippen MR) is 106 cm³/mol. The molecule has 1 aliphatic rings. The van der Waals surface area contributed by atoms with Crippen molar-refractivity contribution in [2.75, 3.05) is 6.54 Å². The highest BCUT2D eigenvalue weighted by Gasteiger charge is 2.19. The van der Waals surface area contributed by atoms with Crippen LogP contribution in [0.5, 0.6) is 0 Å². The maximum Gasteiger partial charge on any atom is 0.233 e. The third-order valence-corrected chi connectivity index (χ3v) is 5.85. The van der Waals surface area contributed by atoms with E-state index in [9.17, 15) is 9.18 Å². The highest BCUT2D eigenvalue weighted by molar-refractivity contribution is 8.00. The number of rotatable bonds is 7. The lowest BCUT2D eigenvalue weighted by Crippen LogP contribution is -2.32. The molecule has 0 spiro atoms. The van der Waals surface area contributed by atoms with E-state index in [0.717, 1.165) is 24.8 Å². The van der Waals surface area contributed by atoms with Crippen LogP contribution < -0.4 is 5.32 Å². The van der Waals surface area contributed by atoms with Crippen molar-refractivity contribution in [3.8, 4) is 11.4 Å². The Labute approximate surface area is 163 Å². The number of nitrogens with one attached hydrogen (secondary N) is 1. The molecular weight excluding hydrogens is 363 g/mol. The first-order valence-corrected chi connectivity index (χ1v) is 10.2. The number of allylic oxidation sites excluding steroid dienone is 1. The lowest BCUT2D eigenvalue weighted by atomic mass is 9.97. The van der Waals surface area contributed by atoms with Crippen LogP contribution in [0.25, 0.3) is 11.4 Å². The van der Waals surface area contributed by atoms with Gasteiger partial charge in [-0.25, -0.2) is 4.39 Å². The van der Waals surface area contributed by atoms with Crippen LogP contribution in [0.3, 0.4) is 0 Å². The molecule has 0 saturated carbocycles. The van der Waals surface area contributed by atoms with E-state index in [0.29, 0.717) is 17.5 Å². The molecule has 5 nitrogen and oxygen atoms in total. The van der Waals surface area contributed by atoms with Crippen LogP contribution in [0, 0.1) is 5.82 Å². The van der Waals surface area contributed by atoms with Crippen LogP contribution in [0.1, 0.15) is 39.0 Å². The van der Waals surface area contributed by atoms with E-state index in [-0.39, 0.29) is 17.0 Å². The Morgan fingerprint density at radius 3 is 2.78 bits per heavy atom. The zero-order valence-corrected chi connectivity index (χ0v) is 16.6. The fraction of sp³-hybridized carbons (Fsp3) is 0.450. The van der Waals surface area contributed by atoms with Crippen LogP contribution in [-0.4, -0.2) is 32.5 Å². The van der Waals surface area contributed by atoms with E-state index in [1.807, 2.05) is 18.5 Å². The molecule has 1 heterocycles. The molecule has 1 amide bonds. The lowest BCUT2D eigenvalue weighted by Gasteiger charge is -2.14. The van der Waals surface area contributed by atoms with Gasteiger partial charge in [0, 0.05) is 19.2 Å². The molecule has 3 rings (SSSR count). The Bertz CT molecular complexity index is 816. The maximum absolute atomic E-state index is 13.1. The summed E-state index contributed by atoms with van der Waals surface area (Å²) in [4.78, 5) is 12.4. The van der Waals surface area contributed by atoms with Crippen molar-refractivity contribution in [2.45, 2.75) is 49.4 Å². The van der Waals surface area contributed by atoms with Crippen LogP contribution in [-0.2, 0) is 11.8 Å². The number of benzene rings is 1. The maximum atomic E-state index is 13.1. The zero-order valence-electron chi connectivity index (χ0n) is 15.7. The number of halogens is 1. The van der Waals surface area contributed by atoms with Crippen molar-refractivity contribution in [2.24, 2.45) is 7.05 Å². The average molecular weight is 389 g/mol. The summed E-state index contributed by atoms with van der Waals surface area (Å²) in [6.45, 7) is 2.54.